The lowest BCUT2D eigenvalue weighted by molar-refractivity contribution is 0.103. The molecule has 3 aromatic rings. The van der Waals surface area contributed by atoms with E-state index in [2.05, 4.69) is 17.5 Å². The number of carbonyl (C=O) groups is 1. The van der Waals surface area contributed by atoms with E-state index in [1.54, 1.807) is 6.07 Å². The van der Waals surface area contributed by atoms with E-state index >= 15 is 0 Å². The third-order valence-electron chi connectivity index (χ3n) is 5.94. The highest BCUT2D eigenvalue weighted by molar-refractivity contribution is 6.31. The highest BCUT2D eigenvalue weighted by atomic mass is 35.5. The summed E-state index contributed by atoms with van der Waals surface area (Å²) in [6.07, 6.45) is 5.31. The second-order valence-corrected chi connectivity index (χ2v) is 8.08. The van der Waals surface area contributed by atoms with Crippen molar-refractivity contribution in [2.45, 2.75) is 18.4 Å². The van der Waals surface area contributed by atoms with Crippen molar-refractivity contribution in [3.05, 3.63) is 112 Å². The molecule has 0 saturated heterocycles. The van der Waals surface area contributed by atoms with Crippen LogP contribution in [0.2, 0.25) is 5.02 Å². The number of hydrogen-bond acceptors (Lipinski definition) is 2. The average molecular weight is 404 g/mol. The number of ketones is 1. The smallest absolute Gasteiger partial charge is 0.195 e. The molecule has 1 N–H and O–H groups in total. The van der Waals surface area contributed by atoms with Gasteiger partial charge in [0.25, 0.3) is 0 Å². The molecular formula is C25H19ClFNO. The van der Waals surface area contributed by atoms with Gasteiger partial charge in [0.2, 0.25) is 0 Å². The van der Waals surface area contributed by atoms with Crippen LogP contribution in [0.5, 0.6) is 0 Å². The minimum absolute atomic E-state index is 0.00778. The molecule has 3 atom stereocenters. The average Bonchev–Trinajstić information content (AvgIpc) is 3.24. The fourth-order valence-electron chi connectivity index (χ4n) is 4.59. The van der Waals surface area contributed by atoms with Crippen LogP contribution in [0.3, 0.4) is 0 Å². The van der Waals surface area contributed by atoms with E-state index in [0.717, 1.165) is 23.2 Å². The molecule has 1 aliphatic heterocycles. The fraction of sp³-hybridized carbons (Fsp3) is 0.160. The Morgan fingerprint density at radius 3 is 2.55 bits per heavy atom. The molecule has 0 radical (unpaired) electrons. The summed E-state index contributed by atoms with van der Waals surface area (Å²) in [7, 11) is 0. The van der Waals surface area contributed by atoms with E-state index in [1.165, 1.54) is 12.1 Å². The number of nitrogens with one attached hydrogen (secondary N) is 1. The van der Waals surface area contributed by atoms with E-state index < -0.39 is 0 Å². The molecule has 1 heterocycles. The van der Waals surface area contributed by atoms with Gasteiger partial charge in [-0.15, -0.1) is 0 Å². The molecular weight excluding hydrogens is 385 g/mol. The van der Waals surface area contributed by atoms with Gasteiger partial charge < -0.3 is 5.32 Å². The first-order valence-electron chi connectivity index (χ1n) is 9.73. The summed E-state index contributed by atoms with van der Waals surface area (Å²) in [6, 6.07) is 19.5. The van der Waals surface area contributed by atoms with Gasteiger partial charge in [-0.05, 0) is 47.7 Å². The molecule has 2 aliphatic rings. The van der Waals surface area contributed by atoms with Crippen molar-refractivity contribution in [3.8, 4) is 0 Å². The van der Waals surface area contributed by atoms with Gasteiger partial charge in [0.15, 0.2) is 5.78 Å². The van der Waals surface area contributed by atoms with E-state index in [0.29, 0.717) is 22.1 Å². The van der Waals surface area contributed by atoms with Crippen LogP contribution in [0, 0.1) is 11.7 Å². The van der Waals surface area contributed by atoms with E-state index in [4.69, 9.17) is 11.6 Å². The van der Waals surface area contributed by atoms with Crippen LogP contribution in [-0.4, -0.2) is 5.78 Å². The van der Waals surface area contributed by atoms with Crippen LogP contribution in [0.4, 0.5) is 10.1 Å². The molecule has 0 amide bonds. The quantitative estimate of drug-likeness (QED) is 0.397. The number of allylic oxidation sites excluding steroid dienone is 2. The van der Waals surface area contributed by atoms with Crippen molar-refractivity contribution in [3.63, 3.8) is 0 Å². The minimum atomic E-state index is -0.252. The summed E-state index contributed by atoms with van der Waals surface area (Å²) in [5, 5.41) is 4.17. The van der Waals surface area contributed by atoms with Gasteiger partial charge in [-0.3, -0.25) is 4.79 Å². The van der Waals surface area contributed by atoms with Crippen LogP contribution in [0.15, 0.2) is 78.9 Å². The second-order valence-electron chi connectivity index (χ2n) is 7.64. The predicted octanol–water partition coefficient (Wildman–Crippen LogP) is 6.54. The Morgan fingerprint density at radius 1 is 1.03 bits per heavy atom. The Balaban J connectivity index is 1.64. The van der Waals surface area contributed by atoms with Gasteiger partial charge in [0.05, 0.1) is 6.04 Å². The normalized spacial score (nSPS) is 21.9. The van der Waals surface area contributed by atoms with Crippen LogP contribution in [0.25, 0.3) is 0 Å². The molecule has 5 rings (SSSR count). The molecule has 2 nitrogen and oxygen atoms in total. The van der Waals surface area contributed by atoms with E-state index in [1.807, 2.05) is 48.5 Å². The molecule has 0 spiro atoms. The maximum Gasteiger partial charge on any atom is 0.195 e. The molecule has 3 aromatic carbocycles. The summed E-state index contributed by atoms with van der Waals surface area (Å²) in [5.41, 5.74) is 4.09. The largest absolute Gasteiger partial charge is 0.377 e. The van der Waals surface area contributed by atoms with Crippen molar-refractivity contribution in [2.24, 2.45) is 5.92 Å². The molecule has 1 aliphatic carbocycles. The predicted molar refractivity (Wildman–Crippen MR) is 114 cm³/mol. The first kappa shape index (κ1) is 18.1. The number of anilines is 1. The molecule has 0 unspecified atom stereocenters. The summed E-state index contributed by atoms with van der Waals surface area (Å²) in [6.45, 7) is 0. The van der Waals surface area contributed by atoms with Gasteiger partial charge in [0.1, 0.15) is 5.82 Å². The van der Waals surface area contributed by atoms with Crippen LogP contribution < -0.4 is 5.32 Å². The van der Waals surface area contributed by atoms with Crippen LogP contribution in [-0.2, 0) is 0 Å². The third-order valence-corrected chi connectivity index (χ3v) is 6.16. The number of rotatable bonds is 3. The maximum atomic E-state index is 13.5. The zero-order valence-electron chi connectivity index (χ0n) is 15.6. The lowest BCUT2D eigenvalue weighted by Gasteiger charge is -2.38. The van der Waals surface area contributed by atoms with Crippen molar-refractivity contribution in [1.82, 2.24) is 0 Å². The first-order valence-corrected chi connectivity index (χ1v) is 10.1. The Labute approximate surface area is 174 Å². The van der Waals surface area contributed by atoms with Crippen molar-refractivity contribution in [1.29, 1.82) is 0 Å². The Hall–Kier alpha value is -2.91. The van der Waals surface area contributed by atoms with Gasteiger partial charge in [-0.25, -0.2) is 4.39 Å². The highest BCUT2D eigenvalue weighted by Gasteiger charge is 2.39. The zero-order chi connectivity index (χ0) is 20.0. The molecule has 0 fully saturated rings. The number of hydrogen-bond donors (Lipinski definition) is 1. The van der Waals surface area contributed by atoms with Gasteiger partial charge in [0, 0.05) is 27.8 Å². The number of halogens is 2. The van der Waals surface area contributed by atoms with Crippen molar-refractivity contribution < 1.29 is 9.18 Å². The number of carbonyl (C=O) groups excluding carboxylic acids is 1. The number of benzene rings is 3. The molecule has 0 aromatic heterocycles. The lowest BCUT2D eigenvalue weighted by Crippen LogP contribution is -2.30. The SMILES string of the molecule is O=C(c1ccccc1)c1cc(Cl)cc2c1N[C@@H](c1ccc(F)cc1)[C@H]1CC=C[C@H]21. The lowest BCUT2D eigenvalue weighted by atomic mass is 9.76. The van der Waals surface area contributed by atoms with Crippen LogP contribution in [0.1, 0.15) is 45.4 Å². The van der Waals surface area contributed by atoms with E-state index in [-0.39, 0.29) is 23.6 Å². The fourth-order valence-corrected chi connectivity index (χ4v) is 4.82. The summed E-state index contributed by atoms with van der Waals surface area (Å²) < 4.78 is 13.5. The standard InChI is InChI=1S/C25H19ClFNO/c26-17-13-21-19-7-4-8-20(19)23(15-9-11-18(27)12-10-15)28-24(21)22(14-17)25(29)16-5-2-1-3-6-16/h1-7,9-14,19-20,23,28H,8H2/t19-,20-,23-/m0/s1. The van der Waals surface area contributed by atoms with Crippen molar-refractivity contribution >= 4 is 23.1 Å². The summed E-state index contributed by atoms with van der Waals surface area (Å²) in [4.78, 5) is 13.3. The van der Waals surface area contributed by atoms with Gasteiger partial charge in [-0.1, -0.05) is 66.2 Å². The summed E-state index contributed by atoms with van der Waals surface area (Å²) >= 11 is 6.43. The van der Waals surface area contributed by atoms with E-state index in [9.17, 15) is 9.18 Å². The maximum absolute atomic E-state index is 13.5. The van der Waals surface area contributed by atoms with Gasteiger partial charge >= 0.3 is 0 Å². The topological polar surface area (TPSA) is 29.1 Å². The van der Waals surface area contributed by atoms with Crippen molar-refractivity contribution in [2.75, 3.05) is 5.32 Å². The number of fused-ring (bicyclic) bond motifs is 3. The Kier molecular flexibility index (Phi) is 4.48. The highest BCUT2D eigenvalue weighted by Crippen LogP contribution is 2.51. The molecule has 0 bridgehead atoms. The summed E-state index contributed by atoms with van der Waals surface area (Å²) in [5.74, 6) is 0.154. The molecule has 29 heavy (non-hydrogen) atoms. The Bertz CT molecular complexity index is 1110. The third kappa shape index (κ3) is 3.16. The molecule has 144 valence electrons. The van der Waals surface area contributed by atoms with Gasteiger partial charge in [-0.2, -0.15) is 0 Å². The Morgan fingerprint density at radius 2 is 1.79 bits per heavy atom. The molecule has 0 saturated carbocycles. The second kappa shape index (κ2) is 7.16. The minimum Gasteiger partial charge on any atom is -0.377 e. The zero-order valence-corrected chi connectivity index (χ0v) is 16.4. The van der Waals surface area contributed by atoms with Crippen LogP contribution >= 0.6 is 11.6 Å². The molecule has 4 heteroatoms. The first-order chi connectivity index (χ1) is 14.1. The monoisotopic (exact) mass is 403 g/mol.